The molecule has 2 aromatic heterocycles. The Morgan fingerprint density at radius 3 is 2.74 bits per heavy atom. The number of alkyl halides is 3. The second-order valence-electron chi connectivity index (χ2n) is 4.97. The third-order valence-corrected chi connectivity index (χ3v) is 3.59. The van der Waals surface area contributed by atoms with Gasteiger partial charge in [-0.05, 0) is 0 Å². The average molecular weight is 326 g/mol. The number of nitrogens with one attached hydrogen (secondary N) is 1. The Kier molecular flexibility index (Phi) is 3.66. The molecule has 1 aliphatic heterocycles. The quantitative estimate of drug-likeness (QED) is 0.893. The standard InChI is InChI=1S/C13H13F3N6O/c1-17-12(23)8-5-18-11-6-21(2-3-22(8)11)10-4-9(13(14,15)16)19-7-20-10/h4-5,7H,2-3,6H2,1H3,(H,17,23). The highest BCUT2D eigenvalue weighted by Crippen LogP contribution is 2.29. The monoisotopic (exact) mass is 326 g/mol. The molecule has 0 saturated carbocycles. The van der Waals surface area contributed by atoms with Gasteiger partial charge in [0.1, 0.15) is 29.4 Å². The fraction of sp³-hybridized carbons (Fsp3) is 0.385. The number of rotatable bonds is 2. The summed E-state index contributed by atoms with van der Waals surface area (Å²) in [6.45, 7) is 1.12. The highest BCUT2D eigenvalue weighted by molar-refractivity contribution is 5.92. The Bertz CT molecular complexity index is 742. The van der Waals surface area contributed by atoms with Gasteiger partial charge < -0.3 is 14.8 Å². The summed E-state index contributed by atoms with van der Waals surface area (Å²) in [4.78, 5) is 24.7. The summed E-state index contributed by atoms with van der Waals surface area (Å²) in [7, 11) is 1.52. The number of nitrogens with zero attached hydrogens (tertiary/aromatic N) is 5. The van der Waals surface area contributed by atoms with Crippen LogP contribution in [0.5, 0.6) is 0 Å². The first-order chi connectivity index (χ1) is 10.9. The van der Waals surface area contributed by atoms with Crippen molar-refractivity contribution in [1.82, 2.24) is 24.8 Å². The van der Waals surface area contributed by atoms with Gasteiger partial charge in [0.25, 0.3) is 5.91 Å². The normalized spacial score (nSPS) is 14.5. The van der Waals surface area contributed by atoms with E-state index in [1.807, 2.05) is 0 Å². The maximum Gasteiger partial charge on any atom is 0.433 e. The summed E-state index contributed by atoms with van der Waals surface area (Å²) in [5.41, 5.74) is -0.553. The molecular formula is C13H13F3N6O. The first kappa shape index (κ1) is 15.3. The molecule has 10 heteroatoms. The molecule has 2 aromatic rings. The fourth-order valence-electron chi connectivity index (χ4n) is 2.44. The fourth-order valence-corrected chi connectivity index (χ4v) is 2.44. The molecule has 1 N–H and O–H groups in total. The predicted octanol–water partition coefficient (Wildman–Crippen LogP) is 1.07. The zero-order valence-electron chi connectivity index (χ0n) is 12.1. The molecule has 7 nitrogen and oxygen atoms in total. The molecule has 0 radical (unpaired) electrons. The van der Waals surface area contributed by atoms with E-state index in [9.17, 15) is 18.0 Å². The van der Waals surface area contributed by atoms with Crippen molar-refractivity contribution in [2.75, 3.05) is 18.5 Å². The lowest BCUT2D eigenvalue weighted by molar-refractivity contribution is -0.141. The molecule has 0 fully saturated rings. The van der Waals surface area contributed by atoms with Crippen LogP contribution in [0.25, 0.3) is 0 Å². The van der Waals surface area contributed by atoms with Crippen molar-refractivity contribution in [2.24, 2.45) is 0 Å². The van der Waals surface area contributed by atoms with E-state index in [1.54, 1.807) is 9.47 Å². The highest BCUT2D eigenvalue weighted by atomic mass is 19.4. The number of anilines is 1. The highest BCUT2D eigenvalue weighted by Gasteiger charge is 2.33. The minimum absolute atomic E-state index is 0.183. The summed E-state index contributed by atoms with van der Waals surface area (Å²) in [5.74, 6) is 0.531. The molecule has 0 atom stereocenters. The van der Waals surface area contributed by atoms with E-state index in [4.69, 9.17) is 0 Å². The third-order valence-electron chi connectivity index (χ3n) is 3.59. The van der Waals surface area contributed by atoms with Gasteiger partial charge in [0, 0.05) is 26.2 Å². The first-order valence-electron chi connectivity index (χ1n) is 6.81. The topological polar surface area (TPSA) is 75.9 Å². The van der Waals surface area contributed by atoms with E-state index < -0.39 is 11.9 Å². The number of amides is 1. The molecule has 0 saturated heterocycles. The molecule has 3 heterocycles. The van der Waals surface area contributed by atoms with Crippen LogP contribution in [0.1, 0.15) is 22.0 Å². The van der Waals surface area contributed by atoms with E-state index in [0.717, 1.165) is 12.4 Å². The molecule has 23 heavy (non-hydrogen) atoms. The van der Waals surface area contributed by atoms with Crippen molar-refractivity contribution in [3.8, 4) is 0 Å². The number of aromatic nitrogens is 4. The molecule has 1 amide bonds. The lowest BCUT2D eigenvalue weighted by Gasteiger charge is -2.29. The van der Waals surface area contributed by atoms with Crippen molar-refractivity contribution in [1.29, 1.82) is 0 Å². The van der Waals surface area contributed by atoms with Gasteiger partial charge >= 0.3 is 6.18 Å². The second kappa shape index (κ2) is 5.52. The van der Waals surface area contributed by atoms with Gasteiger partial charge in [-0.3, -0.25) is 4.79 Å². The van der Waals surface area contributed by atoms with Crippen molar-refractivity contribution < 1.29 is 18.0 Å². The molecule has 0 aromatic carbocycles. The number of hydrogen-bond donors (Lipinski definition) is 1. The van der Waals surface area contributed by atoms with Crippen LogP contribution in [-0.2, 0) is 19.3 Å². The first-order valence-corrected chi connectivity index (χ1v) is 6.81. The summed E-state index contributed by atoms with van der Waals surface area (Å²) in [5, 5.41) is 2.53. The number of imidazole rings is 1. The van der Waals surface area contributed by atoms with Gasteiger partial charge in [-0.15, -0.1) is 0 Å². The number of hydrogen-bond acceptors (Lipinski definition) is 5. The molecule has 0 spiro atoms. The molecule has 3 rings (SSSR count). The van der Waals surface area contributed by atoms with Crippen molar-refractivity contribution in [2.45, 2.75) is 19.3 Å². The number of halogens is 3. The summed E-state index contributed by atoms with van der Waals surface area (Å²) in [6, 6.07) is 0.915. The van der Waals surface area contributed by atoms with Crippen LogP contribution in [0.4, 0.5) is 19.0 Å². The van der Waals surface area contributed by atoms with Crippen LogP contribution < -0.4 is 10.2 Å². The number of carbonyl (C=O) groups is 1. The lowest BCUT2D eigenvalue weighted by Crippen LogP contribution is -2.36. The summed E-state index contributed by atoms with van der Waals surface area (Å²) >= 11 is 0. The van der Waals surface area contributed by atoms with Gasteiger partial charge in [-0.25, -0.2) is 15.0 Å². The Balaban J connectivity index is 1.86. The van der Waals surface area contributed by atoms with E-state index in [0.29, 0.717) is 24.6 Å². The predicted molar refractivity (Wildman–Crippen MR) is 73.7 cm³/mol. The van der Waals surface area contributed by atoms with Crippen LogP contribution in [0, 0.1) is 0 Å². The Hall–Kier alpha value is -2.65. The van der Waals surface area contributed by atoms with Crippen LogP contribution >= 0.6 is 0 Å². The molecule has 1 aliphatic rings. The van der Waals surface area contributed by atoms with Crippen LogP contribution in [-0.4, -0.2) is 39.0 Å². The maximum absolute atomic E-state index is 12.7. The van der Waals surface area contributed by atoms with Crippen LogP contribution in [0.15, 0.2) is 18.6 Å². The smallest absolute Gasteiger partial charge is 0.354 e. The molecule has 122 valence electrons. The Morgan fingerprint density at radius 2 is 2.04 bits per heavy atom. The van der Waals surface area contributed by atoms with Gasteiger partial charge in [-0.2, -0.15) is 13.2 Å². The van der Waals surface area contributed by atoms with Crippen LogP contribution in [0.3, 0.4) is 0 Å². The summed E-state index contributed by atoms with van der Waals surface area (Å²) < 4.78 is 40.0. The Morgan fingerprint density at radius 1 is 1.26 bits per heavy atom. The van der Waals surface area contributed by atoms with E-state index >= 15 is 0 Å². The maximum atomic E-state index is 12.7. The SMILES string of the molecule is CNC(=O)c1cnc2n1CCN(c1cc(C(F)(F)F)ncn1)C2. The lowest BCUT2D eigenvalue weighted by atomic mass is 10.3. The minimum atomic E-state index is -4.52. The van der Waals surface area contributed by atoms with Gasteiger partial charge in [-0.1, -0.05) is 0 Å². The average Bonchev–Trinajstić information content (AvgIpc) is 2.96. The van der Waals surface area contributed by atoms with Crippen molar-refractivity contribution >= 4 is 11.7 Å². The minimum Gasteiger partial charge on any atom is -0.354 e. The molecular weight excluding hydrogens is 313 g/mol. The van der Waals surface area contributed by atoms with Crippen LogP contribution in [0.2, 0.25) is 0 Å². The Labute approximate surface area is 129 Å². The van der Waals surface area contributed by atoms with E-state index in [1.165, 1.54) is 13.2 Å². The van der Waals surface area contributed by atoms with Crippen molar-refractivity contribution in [3.63, 3.8) is 0 Å². The zero-order valence-corrected chi connectivity index (χ0v) is 12.1. The van der Waals surface area contributed by atoms with E-state index in [2.05, 4.69) is 20.3 Å². The number of fused-ring (bicyclic) bond motifs is 1. The van der Waals surface area contributed by atoms with E-state index in [-0.39, 0.29) is 18.3 Å². The van der Waals surface area contributed by atoms with Gasteiger partial charge in [0.2, 0.25) is 0 Å². The number of carbonyl (C=O) groups excluding carboxylic acids is 1. The molecule has 0 aliphatic carbocycles. The summed E-state index contributed by atoms with van der Waals surface area (Å²) in [6.07, 6.45) is -2.16. The largest absolute Gasteiger partial charge is 0.433 e. The second-order valence-corrected chi connectivity index (χ2v) is 4.97. The van der Waals surface area contributed by atoms with Gasteiger partial charge in [0.15, 0.2) is 0 Å². The molecule has 0 bridgehead atoms. The zero-order chi connectivity index (χ0) is 16.6. The third kappa shape index (κ3) is 2.83. The molecule has 0 unspecified atom stereocenters. The van der Waals surface area contributed by atoms with Crippen molar-refractivity contribution in [3.05, 3.63) is 35.8 Å². The van der Waals surface area contributed by atoms with Gasteiger partial charge in [0.05, 0.1) is 12.7 Å².